The van der Waals surface area contributed by atoms with E-state index in [9.17, 15) is 18.0 Å². The largest absolute Gasteiger partial charge is 0.439 e. The van der Waals surface area contributed by atoms with Gasteiger partial charge in [0.2, 0.25) is 5.88 Å². The summed E-state index contributed by atoms with van der Waals surface area (Å²) in [5, 5.41) is 0.758. The zero-order chi connectivity index (χ0) is 23.7. The first kappa shape index (κ1) is 22.6. The van der Waals surface area contributed by atoms with Crippen molar-refractivity contribution >= 4 is 16.8 Å². The second kappa shape index (κ2) is 9.21. The van der Waals surface area contributed by atoms with Crippen molar-refractivity contribution in [2.24, 2.45) is 0 Å². The third kappa shape index (κ3) is 4.84. The minimum atomic E-state index is -4.45. The van der Waals surface area contributed by atoms with Crippen LogP contribution in [0.25, 0.3) is 10.9 Å². The molecule has 34 heavy (non-hydrogen) atoms. The van der Waals surface area contributed by atoms with Gasteiger partial charge in [-0.25, -0.2) is 9.97 Å². The van der Waals surface area contributed by atoms with E-state index >= 15 is 0 Å². The van der Waals surface area contributed by atoms with E-state index in [-0.39, 0.29) is 11.8 Å². The number of benzene rings is 1. The van der Waals surface area contributed by atoms with E-state index in [1.165, 1.54) is 25.3 Å². The van der Waals surface area contributed by atoms with Crippen LogP contribution in [0.1, 0.15) is 41.7 Å². The summed E-state index contributed by atoms with van der Waals surface area (Å²) < 4.78 is 43.7. The summed E-state index contributed by atoms with van der Waals surface area (Å²) in [6, 6.07) is 11.2. The van der Waals surface area contributed by atoms with Crippen LogP contribution in [0, 0.1) is 0 Å². The molecule has 0 bridgehead atoms. The Hall–Kier alpha value is -3.20. The highest BCUT2D eigenvalue weighted by molar-refractivity contribution is 5.95. The number of hydrogen-bond acceptors (Lipinski definition) is 5. The van der Waals surface area contributed by atoms with Gasteiger partial charge in [-0.05, 0) is 62.7 Å². The van der Waals surface area contributed by atoms with Crippen LogP contribution in [0.4, 0.5) is 13.2 Å². The maximum absolute atomic E-state index is 13.1. The maximum Gasteiger partial charge on any atom is 0.417 e. The summed E-state index contributed by atoms with van der Waals surface area (Å²) in [5.74, 6) is 0.421. The molecule has 0 unspecified atom stereocenters. The molecule has 0 saturated carbocycles. The molecule has 3 aromatic rings. The summed E-state index contributed by atoms with van der Waals surface area (Å²) >= 11 is 0. The fraction of sp³-hybridized carbons (Fsp3) is 0.400. The fourth-order valence-electron chi connectivity index (χ4n) is 4.69. The quantitative estimate of drug-likeness (QED) is 0.529. The summed E-state index contributed by atoms with van der Waals surface area (Å²) in [7, 11) is 0. The Balaban J connectivity index is 1.26. The van der Waals surface area contributed by atoms with Crippen LogP contribution < -0.4 is 4.74 Å². The molecule has 6 nitrogen and oxygen atoms in total. The summed E-state index contributed by atoms with van der Waals surface area (Å²) in [5.41, 5.74) is 0.218. The van der Waals surface area contributed by atoms with Crippen LogP contribution in [0.5, 0.6) is 11.6 Å². The molecular weight excluding hydrogens is 445 g/mol. The molecule has 4 heterocycles. The fourth-order valence-corrected chi connectivity index (χ4v) is 4.69. The Morgan fingerprint density at radius 2 is 1.82 bits per heavy atom. The lowest BCUT2D eigenvalue weighted by atomic mass is 10.1. The molecule has 9 heteroatoms. The molecule has 1 aromatic carbocycles. The van der Waals surface area contributed by atoms with Gasteiger partial charge < -0.3 is 9.64 Å². The predicted octanol–water partition coefficient (Wildman–Crippen LogP) is 5.14. The predicted molar refractivity (Wildman–Crippen MR) is 121 cm³/mol. The minimum absolute atomic E-state index is 0.0595. The third-order valence-electron chi connectivity index (χ3n) is 6.52. The van der Waals surface area contributed by atoms with Gasteiger partial charge in [0.25, 0.3) is 5.91 Å². The molecule has 2 aliphatic heterocycles. The van der Waals surface area contributed by atoms with Crippen molar-refractivity contribution in [3.63, 3.8) is 0 Å². The van der Waals surface area contributed by atoms with E-state index in [1.54, 1.807) is 30.3 Å². The van der Waals surface area contributed by atoms with Crippen LogP contribution in [-0.2, 0) is 6.18 Å². The standard InChI is InChI=1S/C25H25F3N4O2/c26-25(27,28)18-5-9-23(29-15-18)34-20-6-8-21-17(14-20)4-7-22(30-21)24(33)32-13-10-19(16-32)31-11-2-1-3-12-31/h4-9,14-15,19H,1-3,10-13,16H2/t19-/m1/s1. The van der Waals surface area contributed by atoms with Crippen LogP contribution in [0.15, 0.2) is 48.7 Å². The summed E-state index contributed by atoms with van der Waals surface area (Å²) in [6.07, 6.45) is 1.05. The Morgan fingerprint density at radius 3 is 2.56 bits per heavy atom. The molecule has 2 aliphatic rings. The van der Waals surface area contributed by atoms with Crippen molar-refractivity contribution in [2.45, 2.75) is 37.9 Å². The van der Waals surface area contributed by atoms with Gasteiger partial charge in [0.15, 0.2) is 0 Å². The minimum Gasteiger partial charge on any atom is -0.439 e. The van der Waals surface area contributed by atoms with E-state index < -0.39 is 11.7 Å². The number of carbonyl (C=O) groups is 1. The molecule has 178 valence electrons. The second-order valence-corrected chi connectivity index (χ2v) is 8.83. The molecule has 1 atom stereocenters. The van der Waals surface area contributed by atoms with Gasteiger partial charge in [-0.3, -0.25) is 9.69 Å². The van der Waals surface area contributed by atoms with Crippen LogP contribution in [-0.4, -0.2) is 57.9 Å². The SMILES string of the molecule is O=C(c1ccc2cc(Oc3ccc(C(F)(F)F)cn3)ccc2n1)N1CC[C@@H](N2CCCCC2)C1. The molecule has 0 N–H and O–H groups in total. The molecule has 5 rings (SSSR count). The first-order chi connectivity index (χ1) is 16.4. The number of amides is 1. The number of ether oxygens (including phenoxy) is 1. The number of nitrogens with zero attached hydrogens (tertiary/aromatic N) is 4. The molecule has 0 radical (unpaired) electrons. The number of hydrogen-bond donors (Lipinski definition) is 0. The number of aromatic nitrogens is 2. The number of alkyl halides is 3. The molecule has 2 aromatic heterocycles. The van der Waals surface area contributed by atoms with Gasteiger partial charge in [-0.2, -0.15) is 13.2 Å². The number of fused-ring (bicyclic) bond motifs is 1. The lowest BCUT2D eigenvalue weighted by molar-refractivity contribution is -0.137. The number of halogens is 3. The first-order valence-electron chi connectivity index (χ1n) is 11.5. The average Bonchev–Trinajstić information content (AvgIpc) is 3.34. The van der Waals surface area contributed by atoms with Crippen molar-refractivity contribution in [3.05, 3.63) is 59.9 Å². The van der Waals surface area contributed by atoms with E-state index in [0.717, 1.165) is 50.2 Å². The highest BCUT2D eigenvalue weighted by Crippen LogP contribution is 2.31. The lowest BCUT2D eigenvalue weighted by Gasteiger charge is -2.32. The zero-order valence-electron chi connectivity index (χ0n) is 18.6. The Bertz CT molecular complexity index is 1180. The molecule has 0 spiro atoms. The monoisotopic (exact) mass is 470 g/mol. The molecule has 1 amide bonds. The van der Waals surface area contributed by atoms with Gasteiger partial charge in [0, 0.05) is 36.8 Å². The normalized spacial score (nSPS) is 19.5. The van der Waals surface area contributed by atoms with Crippen molar-refractivity contribution in [1.82, 2.24) is 19.8 Å². The topological polar surface area (TPSA) is 58.6 Å². The highest BCUT2D eigenvalue weighted by Gasteiger charge is 2.32. The van der Waals surface area contributed by atoms with Gasteiger partial charge >= 0.3 is 6.18 Å². The molecular formula is C25H25F3N4O2. The highest BCUT2D eigenvalue weighted by atomic mass is 19.4. The lowest BCUT2D eigenvalue weighted by Crippen LogP contribution is -2.41. The van der Waals surface area contributed by atoms with E-state index in [2.05, 4.69) is 14.9 Å². The number of pyridine rings is 2. The maximum atomic E-state index is 13.1. The van der Waals surface area contributed by atoms with Crippen LogP contribution in [0.3, 0.4) is 0 Å². The molecule has 2 saturated heterocycles. The third-order valence-corrected chi connectivity index (χ3v) is 6.52. The number of carbonyl (C=O) groups excluding carboxylic acids is 1. The Labute approximate surface area is 195 Å². The van der Waals surface area contributed by atoms with Crippen molar-refractivity contribution in [2.75, 3.05) is 26.2 Å². The van der Waals surface area contributed by atoms with Gasteiger partial charge in [0.1, 0.15) is 11.4 Å². The van der Waals surface area contributed by atoms with Crippen molar-refractivity contribution < 1.29 is 22.7 Å². The van der Waals surface area contributed by atoms with Gasteiger partial charge in [-0.15, -0.1) is 0 Å². The smallest absolute Gasteiger partial charge is 0.417 e. The molecule has 0 aliphatic carbocycles. The number of likely N-dealkylation sites (tertiary alicyclic amines) is 2. The van der Waals surface area contributed by atoms with Crippen molar-refractivity contribution in [3.8, 4) is 11.6 Å². The average molecular weight is 470 g/mol. The van der Waals surface area contributed by atoms with Crippen LogP contribution >= 0.6 is 0 Å². The van der Waals surface area contributed by atoms with Crippen LogP contribution in [0.2, 0.25) is 0 Å². The number of rotatable bonds is 4. The van der Waals surface area contributed by atoms with Gasteiger partial charge in [-0.1, -0.05) is 12.5 Å². The van der Waals surface area contributed by atoms with E-state index in [0.29, 0.717) is 23.0 Å². The first-order valence-corrected chi connectivity index (χ1v) is 11.5. The van der Waals surface area contributed by atoms with Gasteiger partial charge in [0.05, 0.1) is 11.1 Å². The Kier molecular flexibility index (Phi) is 6.12. The van der Waals surface area contributed by atoms with E-state index in [1.807, 2.05) is 4.90 Å². The molecule has 2 fully saturated rings. The second-order valence-electron chi connectivity index (χ2n) is 8.83. The zero-order valence-corrected chi connectivity index (χ0v) is 18.6. The van der Waals surface area contributed by atoms with Crippen molar-refractivity contribution in [1.29, 1.82) is 0 Å². The Morgan fingerprint density at radius 1 is 1.00 bits per heavy atom. The van der Waals surface area contributed by atoms with E-state index in [4.69, 9.17) is 4.74 Å². The number of piperidine rings is 1. The summed E-state index contributed by atoms with van der Waals surface area (Å²) in [4.78, 5) is 25.7. The summed E-state index contributed by atoms with van der Waals surface area (Å²) in [6.45, 7) is 3.72.